The van der Waals surface area contributed by atoms with Crippen LogP contribution in [0, 0.1) is 0 Å². The molecule has 0 heterocycles. The van der Waals surface area contributed by atoms with E-state index in [0.717, 1.165) is 0 Å². The van der Waals surface area contributed by atoms with Crippen LogP contribution in [0.1, 0.15) is 10.4 Å². The van der Waals surface area contributed by atoms with Gasteiger partial charge in [-0.05, 0) is 12.1 Å². The quantitative estimate of drug-likeness (QED) is 0.434. The number of methoxy groups -OCH3 is 1. The van der Waals surface area contributed by atoms with Gasteiger partial charge in [0, 0.05) is 18.9 Å². The predicted octanol–water partition coefficient (Wildman–Crippen LogP) is 1.09. The fourth-order valence-corrected chi connectivity index (χ4v) is 0.692. The third-order valence-electron chi connectivity index (χ3n) is 1.19. The van der Waals surface area contributed by atoms with Gasteiger partial charge in [-0.15, -0.1) is 0 Å². The molecule has 0 fully saturated rings. The number of esters is 1. The van der Waals surface area contributed by atoms with Crippen molar-refractivity contribution in [2.75, 3.05) is 7.11 Å². The minimum absolute atomic E-state index is 0. The van der Waals surface area contributed by atoms with Crippen LogP contribution in [0.25, 0.3) is 0 Å². The number of rotatable bonds is 1. The maximum atomic E-state index is 10.8. The molecule has 1 rings (SSSR count). The minimum Gasteiger partial charge on any atom is -0.465 e. The van der Waals surface area contributed by atoms with Crippen molar-refractivity contribution in [2.24, 2.45) is 0 Å². The Morgan fingerprint density at radius 3 is 2.27 bits per heavy atom. The zero-order chi connectivity index (χ0) is 7.40. The van der Waals surface area contributed by atoms with Crippen molar-refractivity contribution >= 4 is 24.8 Å². The van der Waals surface area contributed by atoms with Gasteiger partial charge in [-0.25, -0.2) is 4.79 Å². The Labute approximate surface area is 77.7 Å². The van der Waals surface area contributed by atoms with Crippen LogP contribution >= 0.6 is 0 Å². The number of hydrogen-bond acceptors (Lipinski definition) is 2. The van der Waals surface area contributed by atoms with E-state index in [4.69, 9.17) is 0 Å². The van der Waals surface area contributed by atoms with Crippen LogP contribution in [0.3, 0.4) is 0 Å². The summed E-state index contributed by atoms with van der Waals surface area (Å²) in [6.07, 6.45) is 0. The Balaban J connectivity index is 0.000001000. The second kappa shape index (κ2) is 5.01. The number of ether oxygens (including phenoxy) is 1. The van der Waals surface area contributed by atoms with Gasteiger partial charge in [-0.2, -0.15) is 0 Å². The van der Waals surface area contributed by atoms with E-state index >= 15 is 0 Å². The van der Waals surface area contributed by atoms with Gasteiger partial charge in [0.15, 0.2) is 0 Å². The fraction of sp³-hybridized carbons (Fsp3) is 0.125. The van der Waals surface area contributed by atoms with Crippen molar-refractivity contribution < 1.29 is 9.53 Å². The summed E-state index contributed by atoms with van der Waals surface area (Å²) in [7, 11) is 1.37. The van der Waals surface area contributed by atoms with E-state index in [2.05, 4.69) is 4.74 Å². The molecule has 1 aromatic carbocycles. The van der Waals surface area contributed by atoms with Crippen molar-refractivity contribution in [2.45, 2.75) is 0 Å². The molecular weight excluding hydrogens is 135 g/mol. The van der Waals surface area contributed by atoms with Crippen LogP contribution < -0.4 is 0 Å². The summed E-state index contributed by atoms with van der Waals surface area (Å²) in [6, 6.07) is 8.88. The first-order valence-electron chi connectivity index (χ1n) is 2.98. The van der Waals surface area contributed by atoms with E-state index in [1.807, 2.05) is 6.07 Å². The molecule has 0 amide bonds. The maximum Gasteiger partial charge on any atom is 0.337 e. The molecule has 0 saturated heterocycles. The first kappa shape index (κ1) is 10.3. The first-order valence-corrected chi connectivity index (χ1v) is 2.98. The van der Waals surface area contributed by atoms with E-state index in [9.17, 15) is 4.79 Å². The SMILES string of the molecule is COC(=O)c1ccccc1.[Li]. The average Bonchev–Trinajstić information content (AvgIpc) is 2.05. The number of benzene rings is 1. The second-order valence-electron chi connectivity index (χ2n) is 1.86. The summed E-state index contributed by atoms with van der Waals surface area (Å²) in [4.78, 5) is 10.8. The first-order chi connectivity index (χ1) is 4.84. The van der Waals surface area contributed by atoms with Crippen LogP contribution in [0.5, 0.6) is 0 Å². The third kappa shape index (κ3) is 2.79. The van der Waals surface area contributed by atoms with Gasteiger partial charge in [0.2, 0.25) is 0 Å². The Morgan fingerprint density at radius 1 is 1.27 bits per heavy atom. The third-order valence-corrected chi connectivity index (χ3v) is 1.19. The van der Waals surface area contributed by atoms with Crippen LogP contribution in [0.15, 0.2) is 30.3 Å². The molecular formula is C8H8LiO2. The molecule has 0 aliphatic carbocycles. The monoisotopic (exact) mass is 143 g/mol. The van der Waals surface area contributed by atoms with E-state index in [0.29, 0.717) is 5.56 Å². The molecule has 0 unspecified atom stereocenters. The number of carbonyl (C=O) groups excluding carboxylic acids is 1. The molecule has 1 aromatic rings. The molecule has 0 atom stereocenters. The molecule has 3 heteroatoms. The summed E-state index contributed by atoms with van der Waals surface area (Å²) in [5.74, 6) is -0.291. The Morgan fingerprint density at radius 2 is 1.82 bits per heavy atom. The fourth-order valence-electron chi connectivity index (χ4n) is 0.692. The van der Waals surface area contributed by atoms with Gasteiger partial charge >= 0.3 is 5.97 Å². The molecule has 0 N–H and O–H groups in total. The molecule has 0 aliphatic heterocycles. The molecule has 11 heavy (non-hydrogen) atoms. The zero-order valence-corrected chi connectivity index (χ0v) is 6.70. The molecule has 2 nitrogen and oxygen atoms in total. The Kier molecular flexibility index (Phi) is 4.68. The van der Waals surface area contributed by atoms with Crippen molar-refractivity contribution in [3.8, 4) is 0 Å². The summed E-state index contributed by atoms with van der Waals surface area (Å²) >= 11 is 0. The van der Waals surface area contributed by atoms with Gasteiger partial charge in [0.1, 0.15) is 0 Å². The predicted molar refractivity (Wildman–Crippen MR) is 43.5 cm³/mol. The molecule has 0 aromatic heterocycles. The summed E-state index contributed by atoms with van der Waals surface area (Å²) in [5.41, 5.74) is 0.588. The Hall–Kier alpha value is -0.713. The van der Waals surface area contributed by atoms with Crippen molar-refractivity contribution in [3.05, 3.63) is 35.9 Å². The standard InChI is InChI=1S/C8H8O2.Li/c1-10-8(9)7-5-3-2-4-6-7;/h2-6H,1H3;. The van der Waals surface area contributed by atoms with Crippen molar-refractivity contribution in [1.82, 2.24) is 0 Å². The minimum atomic E-state index is -0.291. The van der Waals surface area contributed by atoms with Gasteiger partial charge < -0.3 is 4.74 Å². The van der Waals surface area contributed by atoms with Gasteiger partial charge in [-0.1, -0.05) is 18.2 Å². The van der Waals surface area contributed by atoms with Gasteiger partial charge in [-0.3, -0.25) is 0 Å². The molecule has 0 aliphatic rings. The largest absolute Gasteiger partial charge is 0.465 e. The van der Waals surface area contributed by atoms with Gasteiger partial charge in [0.25, 0.3) is 0 Å². The molecule has 0 spiro atoms. The van der Waals surface area contributed by atoms with E-state index in [1.54, 1.807) is 24.3 Å². The Bertz CT molecular complexity index is 221. The second-order valence-corrected chi connectivity index (χ2v) is 1.86. The van der Waals surface area contributed by atoms with Crippen molar-refractivity contribution in [3.63, 3.8) is 0 Å². The topological polar surface area (TPSA) is 26.3 Å². The van der Waals surface area contributed by atoms with E-state index in [-0.39, 0.29) is 24.8 Å². The molecule has 0 saturated carbocycles. The summed E-state index contributed by atoms with van der Waals surface area (Å²) < 4.78 is 4.50. The van der Waals surface area contributed by atoms with Crippen LogP contribution in [0.2, 0.25) is 0 Å². The average molecular weight is 143 g/mol. The smallest absolute Gasteiger partial charge is 0.337 e. The number of hydrogen-bond donors (Lipinski definition) is 0. The summed E-state index contributed by atoms with van der Waals surface area (Å²) in [5, 5.41) is 0. The van der Waals surface area contributed by atoms with Crippen LogP contribution in [-0.2, 0) is 4.74 Å². The van der Waals surface area contributed by atoms with Crippen LogP contribution in [-0.4, -0.2) is 31.9 Å². The van der Waals surface area contributed by atoms with Crippen LogP contribution in [0.4, 0.5) is 0 Å². The molecule has 0 bridgehead atoms. The molecule has 53 valence electrons. The summed E-state index contributed by atoms with van der Waals surface area (Å²) in [6.45, 7) is 0. The normalized spacial score (nSPS) is 8.09. The zero-order valence-electron chi connectivity index (χ0n) is 6.70. The van der Waals surface area contributed by atoms with E-state index in [1.165, 1.54) is 7.11 Å². The molecule has 1 radical (unpaired) electrons. The van der Waals surface area contributed by atoms with E-state index < -0.39 is 0 Å². The number of carbonyl (C=O) groups is 1. The maximum absolute atomic E-state index is 10.8. The van der Waals surface area contributed by atoms with Crippen molar-refractivity contribution in [1.29, 1.82) is 0 Å². The van der Waals surface area contributed by atoms with Gasteiger partial charge in [0.05, 0.1) is 12.7 Å².